The van der Waals surface area contributed by atoms with Gasteiger partial charge in [-0.05, 0) is 85.5 Å². The minimum Gasteiger partial charge on any atom is -0.463 e. The predicted octanol–water partition coefficient (Wildman–Crippen LogP) is 4.35. The summed E-state index contributed by atoms with van der Waals surface area (Å²) in [5, 5.41) is 31.2. The third-order valence-electron chi connectivity index (χ3n) is 7.22. The molecule has 1 heterocycles. The number of esters is 1. The van der Waals surface area contributed by atoms with Gasteiger partial charge in [-0.1, -0.05) is 34.9 Å². The van der Waals surface area contributed by atoms with Crippen LogP contribution in [0.1, 0.15) is 86.5 Å². The molecule has 0 bridgehead atoms. The molecule has 7 heteroatoms. The Morgan fingerprint density at radius 1 is 0.943 bits per heavy atom. The van der Waals surface area contributed by atoms with Crippen LogP contribution in [0.25, 0.3) is 0 Å². The van der Waals surface area contributed by atoms with E-state index in [1.807, 2.05) is 13.8 Å². The second kappa shape index (κ2) is 13.7. The van der Waals surface area contributed by atoms with Gasteiger partial charge in [-0.25, -0.2) is 0 Å². The highest BCUT2D eigenvalue weighted by molar-refractivity contribution is 5.65. The lowest BCUT2D eigenvalue weighted by Crippen LogP contribution is -2.61. The summed E-state index contributed by atoms with van der Waals surface area (Å²) in [5.74, 6) is -0.386. The van der Waals surface area contributed by atoms with Gasteiger partial charge < -0.3 is 29.5 Å². The maximum absolute atomic E-state index is 11.2. The molecule has 0 amide bonds. The molecule has 0 aromatic heterocycles. The predicted molar refractivity (Wildman–Crippen MR) is 136 cm³/mol. The van der Waals surface area contributed by atoms with Crippen molar-refractivity contribution in [1.29, 1.82) is 0 Å². The number of carbonyl (C=O) groups excluding carboxylic acids is 1. The molecule has 2 aliphatic rings. The summed E-state index contributed by atoms with van der Waals surface area (Å²) in [7, 11) is 0. The third-order valence-corrected chi connectivity index (χ3v) is 7.22. The van der Waals surface area contributed by atoms with Gasteiger partial charge in [0.2, 0.25) is 0 Å². The molecule has 1 aliphatic carbocycles. The number of ether oxygens (including phenoxy) is 3. The van der Waals surface area contributed by atoms with E-state index in [9.17, 15) is 20.1 Å². The number of allylic oxidation sites excluding steroid dienone is 6. The molecular weight excluding hydrogens is 448 g/mol. The van der Waals surface area contributed by atoms with E-state index < -0.39 is 42.3 Å². The van der Waals surface area contributed by atoms with Crippen molar-refractivity contribution >= 4 is 5.97 Å². The SMILES string of the molecule is CC(=O)OC[C@H]1O[C@@H](OC(C)(C)[C@@H]2C/C=C(\C)CC/C=C(\C)CC/C=C(\C)CC2)[C@H](O)[C@@H](O)[C@H]1O. The Bertz CT molecular complexity index is 782. The highest BCUT2D eigenvalue weighted by Crippen LogP contribution is 2.35. The largest absolute Gasteiger partial charge is 0.463 e. The van der Waals surface area contributed by atoms with Crippen LogP contribution < -0.4 is 0 Å². The van der Waals surface area contributed by atoms with E-state index in [0.717, 1.165) is 44.9 Å². The van der Waals surface area contributed by atoms with Crippen LogP contribution in [0.15, 0.2) is 34.9 Å². The first-order valence-corrected chi connectivity index (χ1v) is 12.9. The first-order valence-electron chi connectivity index (χ1n) is 12.9. The van der Waals surface area contributed by atoms with Crippen molar-refractivity contribution in [2.24, 2.45) is 5.92 Å². The van der Waals surface area contributed by atoms with Crippen molar-refractivity contribution in [1.82, 2.24) is 0 Å². The van der Waals surface area contributed by atoms with Gasteiger partial charge in [0.05, 0.1) is 5.60 Å². The number of hydrogen-bond acceptors (Lipinski definition) is 7. The summed E-state index contributed by atoms with van der Waals surface area (Å²) in [6, 6.07) is 0. The molecule has 200 valence electrons. The normalized spacial score (nSPS) is 36.5. The van der Waals surface area contributed by atoms with Crippen LogP contribution in [-0.4, -0.2) is 64.2 Å². The quantitative estimate of drug-likeness (QED) is 0.385. The maximum Gasteiger partial charge on any atom is 0.302 e. The first-order chi connectivity index (χ1) is 16.4. The van der Waals surface area contributed by atoms with Crippen LogP contribution in [0, 0.1) is 5.92 Å². The second-order valence-corrected chi connectivity index (χ2v) is 10.7. The van der Waals surface area contributed by atoms with E-state index in [-0.39, 0.29) is 12.5 Å². The minimum absolute atomic E-state index is 0.132. The van der Waals surface area contributed by atoms with E-state index in [1.54, 1.807) is 0 Å². The molecule has 1 saturated heterocycles. The zero-order chi connectivity index (χ0) is 26.2. The van der Waals surface area contributed by atoms with Crippen LogP contribution in [0.2, 0.25) is 0 Å². The zero-order valence-corrected chi connectivity index (χ0v) is 22.3. The molecule has 0 aromatic rings. The Kier molecular flexibility index (Phi) is 11.6. The van der Waals surface area contributed by atoms with Crippen molar-refractivity contribution in [3.63, 3.8) is 0 Å². The van der Waals surface area contributed by atoms with E-state index in [1.165, 1.54) is 23.6 Å². The molecule has 0 radical (unpaired) electrons. The Hall–Kier alpha value is -1.51. The van der Waals surface area contributed by atoms with Crippen molar-refractivity contribution in [3.8, 4) is 0 Å². The fourth-order valence-electron chi connectivity index (χ4n) is 4.64. The fraction of sp³-hybridized carbons (Fsp3) is 0.750. The van der Waals surface area contributed by atoms with E-state index in [0.29, 0.717) is 0 Å². The summed E-state index contributed by atoms with van der Waals surface area (Å²) >= 11 is 0. The molecule has 35 heavy (non-hydrogen) atoms. The lowest BCUT2D eigenvalue weighted by Gasteiger charge is -2.44. The van der Waals surface area contributed by atoms with Gasteiger partial charge in [0.1, 0.15) is 31.0 Å². The summed E-state index contributed by atoms with van der Waals surface area (Å²) < 4.78 is 17.1. The average molecular weight is 495 g/mol. The number of carbonyl (C=O) groups is 1. The standard InChI is InChI=1S/C28H46O7/c1-18-9-7-11-19(2)13-15-22(16-14-20(3)12-8-10-18)28(5,6)35-27-26(32)25(31)24(30)23(34-27)17-33-21(4)29/h9,12-13,22-27,30-32H,7-8,10-11,14-17H2,1-6H3/b18-9+,19-13+,20-12+/t22-,23-,24+,25+,26-,27+/m1/s1. The molecule has 6 atom stereocenters. The molecule has 2 rings (SSSR count). The van der Waals surface area contributed by atoms with Gasteiger partial charge in [-0.2, -0.15) is 0 Å². The van der Waals surface area contributed by atoms with Crippen LogP contribution in [0.3, 0.4) is 0 Å². The van der Waals surface area contributed by atoms with Gasteiger partial charge in [0, 0.05) is 6.92 Å². The van der Waals surface area contributed by atoms with Crippen molar-refractivity contribution in [2.75, 3.05) is 6.61 Å². The van der Waals surface area contributed by atoms with Crippen molar-refractivity contribution in [2.45, 2.75) is 123 Å². The van der Waals surface area contributed by atoms with Crippen LogP contribution in [-0.2, 0) is 19.0 Å². The second-order valence-electron chi connectivity index (χ2n) is 10.7. The van der Waals surface area contributed by atoms with Crippen LogP contribution in [0.5, 0.6) is 0 Å². The molecule has 0 saturated carbocycles. The molecular formula is C28H46O7. The highest BCUT2D eigenvalue weighted by atomic mass is 16.7. The molecule has 0 spiro atoms. The van der Waals surface area contributed by atoms with Gasteiger partial charge >= 0.3 is 5.97 Å². The van der Waals surface area contributed by atoms with E-state index in [4.69, 9.17) is 14.2 Å². The Morgan fingerprint density at radius 2 is 1.51 bits per heavy atom. The Balaban J connectivity index is 2.18. The number of aliphatic hydroxyl groups excluding tert-OH is 3. The summed E-state index contributed by atoms with van der Waals surface area (Å²) in [5.41, 5.74) is 3.44. The van der Waals surface area contributed by atoms with Crippen LogP contribution >= 0.6 is 0 Å². The van der Waals surface area contributed by atoms with Crippen LogP contribution in [0.4, 0.5) is 0 Å². The molecule has 1 aliphatic heterocycles. The maximum atomic E-state index is 11.2. The minimum atomic E-state index is -1.47. The van der Waals surface area contributed by atoms with Crippen molar-refractivity contribution < 1.29 is 34.3 Å². The summed E-state index contributed by atoms with van der Waals surface area (Å²) in [4.78, 5) is 11.2. The first kappa shape index (κ1) is 29.7. The molecule has 3 N–H and O–H groups in total. The smallest absolute Gasteiger partial charge is 0.302 e. The number of hydrogen-bond donors (Lipinski definition) is 3. The van der Waals surface area contributed by atoms with E-state index in [2.05, 4.69) is 39.0 Å². The average Bonchev–Trinajstić information content (AvgIpc) is 2.77. The lowest BCUT2D eigenvalue weighted by atomic mass is 9.82. The van der Waals surface area contributed by atoms with Gasteiger partial charge in [0.15, 0.2) is 6.29 Å². The summed E-state index contributed by atoms with van der Waals surface area (Å²) in [6.45, 7) is 11.5. The molecule has 7 nitrogen and oxygen atoms in total. The molecule has 0 unspecified atom stereocenters. The monoisotopic (exact) mass is 494 g/mol. The lowest BCUT2D eigenvalue weighted by molar-refractivity contribution is -0.328. The number of aliphatic hydroxyl groups is 3. The Morgan fingerprint density at radius 3 is 2.11 bits per heavy atom. The number of rotatable bonds is 5. The molecule has 1 fully saturated rings. The zero-order valence-electron chi connectivity index (χ0n) is 22.3. The van der Waals surface area contributed by atoms with Gasteiger partial charge in [-0.15, -0.1) is 0 Å². The summed E-state index contributed by atoms with van der Waals surface area (Å²) in [6.07, 6.45) is 7.33. The third kappa shape index (κ3) is 9.47. The molecule has 0 aromatic carbocycles. The topological polar surface area (TPSA) is 105 Å². The van der Waals surface area contributed by atoms with E-state index >= 15 is 0 Å². The Labute approximate surface area is 210 Å². The van der Waals surface area contributed by atoms with Gasteiger partial charge in [-0.3, -0.25) is 4.79 Å². The van der Waals surface area contributed by atoms with Gasteiger partial charge in [0.25, 0.3) is 0 Å². The fourth-order valence-corrected chi connectivity index (χ4v) is 4.64. The highest BCUT2D eigenvalue weighted by Gasteiger charge is 2.47. The van der Waals surface area contributed by atoms with Crippen molar-refractivity contribution in [3.05, 3.63) is 34.9 Å².